The number of halogens is 6. The molecule has 2 heterocycles. The highest BCUT2D eigenvalue weighted by molar-refractivity contribution is 5.94. The number of fused-ring (bicyclic) bond motifs is 1. The number of aromatic nitrogens is 2. The van der Waals surface area contributed by atoms with Crippen LogP contribution in [-0.4, -0.2) is 22.0 Å². The molecule has 11 heteroatoms. The van der Waals surface area contributed by atoms with Crippen molar-refractivity contribution >= 4 is 22.6 Å². The summed E-state index contributed by atoms with van der Waals surface area (Å²) in [5, 5.41) is 11.9. The van der Waals surface area contributed by atoms with Crippen molar-refractivity contribution < 1.29 is 31.1 Å². The van der Waals surface area contributed by atoms with Gasteiger partial charge in [0.1, 0.15) is 23.1 Å². The summed E-state index contributed by atoms with van der Waals surface area (Å²) in [4.78, 5) is 15.5. The molecule has 0 aliphatic rings. The average molecular weight is 412 g/mol. The molecule has 0 fully saturated rings. The Balaban J connectivity index is 1.97. The lowest BCUT2D eigenvalue weighted by Gasteiger charge is -2.16. The van der Waals surface area contributed by atoms with Crippen molar-refractivity contribution in [1.29, 1.82) is 5.26 Å². The molecule has 0 unspecified atom stereocenters. The molecule has 29 heavy (non-hydrogen) atoms. The standard InChI is InChI=1S/C18H10F6N4O/c19-17(20,21)12-7-14(18(22,23)24)27-16(11(12)8-25)26-9-15(29)28-6-5-10-3-1-2-4-13(10)28/h1-7H,9H2,(H,26,27). The summed E-state index contributed by atoms with van der Waals surface area (Å²) in [7, 11) is 0. The van der Waals surface area contributed by atoms with Gasteiger partial charge in [-0.15, -0.1) is 0 Å². The van der Waals surface area contributed by atoms with Gasteiger partial charge in [0.05, 0.1) is 17.6 Å². The minimum Gasteiger partial charge on any atom is -0.360 e. The van der Waals surface area contributed by atoms with Crippen LogP contribution in [0.3, 0.4) is 0 Å². The monoisotopic (exact) mass is 412 g/mol. The van der Waals surface area contributed by atoms with Gasteiger partial charge in [-0.1, -0.05) is 18.2 Å². The molecule has 150 valence electrons. The van der Waals surface area contributed by atoms with Gasteiger partial charge in [0.2, 0.25) is 5.91 Å². The molecule has 0 radical (unpaired) electrons. The summed E-state index contributed by atoms with van der Waals surface area (Å²) >= 11 is 0. The van der Waals surface area contributed by atoms with Crippen molar-refractivity contribution in [2.45, 2.75) is 12.4 Å². The molecule has 0 spiro atoms. The van der Waals surface area contributed by atoms with E-state index >= 15 is 0 Å². The van der Waals surface area contributed by atoms with Gasteiger partial charge in [0.15, 0.2) is 0 Å². The summed E-state index contributed by atoms with van der Waals surface area (Å²) in [5.41, 5.74) is -4.24. The van der Waals surface area contributed by atoms with Gasteiger partial charge >= 0.3 is 12.4 Å². The lowest BCUT2D eigenvalue weighted by molar-refractivity contribution is -0.145. The number of alkyl halides is 6. The Morgan fingerprint density at radius 2 is 1.79 bits per heavy atom. The minimum absolute atomic E-state index is 0.231. The number of rotatable bonds is 3. The van der Waals surface area contributed by atoms with Crippen LogP contribution in [0.1, 0.15) is 21.6 Å². The molecular weight excluding hydrogens is 402 g/mol. The number of para-hydroxylation sites is 1. The highest BCUT2D eigenvalue weighted by Gasteiger charge is 2.41. The third kappa shape index (κ3) is 4.01. The number of pyridine rings is 1. The van der Waals surface area contributed by atoms with E-state index in [1.54, 1.807) is 30.3 Å². The van der Waals surface area contributed by atoms with E-state index in [9.17, 15) is 31.1 Å². The Morgan fingerprint density at radius 1 is 1.10 bits per heavy atom. The van der Waals surface area contributed by atoms with Gasteiger partial charge in [-0.25, -0.2) is 4.98 Å². The minimum atomic E-state index is -5.22. The first kappa shape index (κ1) is 20.2. The zero-order chi connectivity index (χ0) is 21.4. The molecule has 3 rings (SSSR count). The van der Waals surface area contributed by atoms with E-state index in [2.05, 4.69) is 10.3 Å². The molecular formula is C18H10F6N4O. The Hall–Kier alpha value is -3.55. The van der Waals surface area contributed by atoms with Crippen LogP contribution in [0.5, 0.6) is 0 Å². The van der Waals surface area contributed by atoms with Crippen LogP contribution in [0, 0.1) is 11.3 Å². The average Bonchev–Trinajstić information content (AvgIpc) is 3.08. The summed E-state index contributed by atoms with van der Waals surface area (Å²) in [6.45, 7) is -0.682. The zero-order valence-electron chi connectivity index (χ0n) is 14.3. The predicted molar refractivity (Wildman–Crippen MR) is 90.0 cm³/mol. The summed E-state index contributed by atoms with van der Waals surface area (Å²) in [6.07, 6.45) is -8.98. The Kier molecular flexibility index (Phi) is 4.96. The topological polar surface area (TPSA) is 70.7 Å². The zero-order valence-corrected chi connectivity index (χ0v) is 14.3. The molecule has 0 atom stereocenters. The molecule has 2 aromatic heterocycles. The number of nitrogens with zero attached hydrogens (tertiary/aromatic N) is 3. The summed E-state index contributed by atoms with van der Waals surface area (Å²) in [6, 6.07) is 9.35. The van der Waals surface area contributed by atoms with Gasteiger partial charge in [-0.3, -0.25) is 9.36 Å². The van der Waals surface area contributed by atoms with Crippen molar-refractivity contribution in [2.24, 2.45) is 0 Å². The molecule has 5 nitrogen and oxygen atoms in total. The van der Waals surface area contributed by atoms with Gasteiger partial charge < -0.3 is 5.32 Å². The van der Waals surface area contributed by atoms with E-state index in [1.807, 2.05) is 0 Å². The number of benzene rings is 1. The number of nitrogens with one attached hydrogen (secondary N) is 1. The van der Waals surface area contributed by atoms with Crippen molar-refractivity contribution in [1.82, 2.24) is 9.55 Å². The van der Waals surface area contributed by atoms with Crippen LogP contribution in [0.15, 0.2) is 42.6 Å². The predicted octanol–water partition coefficient (Wildman–Crippen LogP) is 4.70. The molecule has 0 saturated carbocycles. The number of nitriles is 1. The quantitative estimate of drug-likeness (QED) is 0.634. The van der Waals surface area contributed by atoms with Gasteiger partial charge in [0, 0.05) is 11.6 Å². The fraction of sp³-hybridized carbons (Fsp3) is 0.167. The van der Waals surface area contributed by atoms with Crippen LogP contribution < -0.4 is 5.32 Å². The van der Waals surface area contributed by atoms with Gasteiger partial charge in [-0.05, 0) is 18.2 Å². The normalized spacial score (nSPS) is 12.0. The van der Waals surface area contributed by atoms with Crippen molar-refractivity contribution in [3.63, 3.8) is 0 Å². The van der Waals surface area contributed by atoms with Crippen LogP contribution in [0.4, 0.5) is 32.2 Å². The van der Waals surface area contributed by atoms with E-state index in [0.29, 0.717) is 5.52 Å². The Morgan fingerprint density at radius 3 is 2.41 bits per heavy atom. The smallest absolute Gasteiger partial charge is 0.360 e. The first-order chi connectivity index (χ1) is 13.5. The Labute approximate surface area is 159 Å². The van der Waals surface area contributed by atoms with E-state index in [1.165, 1.54) is 16.8 Å². The fourth-order valence-corrected chi connectivity index (χ4v) is 2.70. The largest absolute Gasteiger partial charge is 0.433 e. The Bertz CT molecular complexity index is 1120. The number of hydrogen-bond acceptors (Lipinski definition) is 4. The highest BCUT2D eigenvalue weighted by atomic mass is 19.4. The highest BCUT2D eigenvalue weighted by Crippen LogP contribution is 2.38. The van der Waals surface area contributed by atoms with Crippen molar-refractivity contribution in [2.75, 3.05) is 11.9 Å². The second-order valence-electron chi connectivity index (χ2n) is 5.88. The SMILES string of the molecule is N#Cc1c(C(F)(F)F)cc(C(F)(F)F)nc1NCC(=O)n1ccc2ccccc21. The van der Waals surface area contributed by atoms with Crippen molar-refractivity contribution in [3.8, 4) is 6.07 Å². The second kappa shape index (κ2) is 7.12. The van der Waals surface area contributed by atoms with E-state index in [-0.39, 0.29) is 6.07 Å². The van der Waals surface area contributed by atoms with Gasteiger partial charge in [-0.2, -0.15) is 31.6 Å². The van der Waals surface area contributed by atoms with Crippen LogP contribution >= 0.6 is 0 Å². The molecule has 0 saturated heterocycles. The maximum absolute atomic E-state index is 13.1. The molecule has 1 aromatic carbocycles. The van der Waals surface area contributed by atoms with Crippen LogP contribution in [0.2, 0.25) is 0 Å². The first-order valence-corrected chi connectivity index (χ1v) is 7.95. The lowest BCUT2D eigenvalue weighted by atomic mass is 10.1. The maximum atomic E-state index is 13.1. The number of carbonyl (C=O) groups is 1. The molecule has 0 aliphatic heterocycles. The molecule has 0 bridgehead atoms. The maximum Gasteiger partial charge on any atom is 0.433 e. The van der Waals surface area contributed by atoms with Crippen LogP contribution in [-0.2, 0) is 12.4 Å². The molecule has 3 aromatic rings. The summed E-state index contributed by atoms with van der Waals surface area (Å²) in [5.74, 6) is -1.64. The number of anilines is 1. The van der Waals surface area contributed by atoms with Crippen molar-refractivity contribution in [3.05, 3.63) is 59.4 Å². The lowest BCUT2D eigenvalue weighted by Crippen LogP contribution is -2.23. The van der Waals surface area contributed by atoms with E-state index < -0.39 is 47.4 Å². The van der Waals surface area contributed by atoms with Crippen LogP contribution in [0.25, 0.3) is 10.9 Å². The first-order valence-electron chi connectivity index (χ1n) is 7.95. The van der Waals surface area contributed by atoms with E-state index in [4.69, 9.17) is 5.26 Å². The number of carbonyl (C=O) groups excluding carboxylic acids is 1. The van der Waals surface area contributed by atoms with E-state index in [0.717, 1.165) is 5.39 Å². The molecule has 0 amide bonds. The third-order valence-electron chi connectivity index (χ3n) is 4.00. The second-order valence-corrected chi connectivity index (χ2v) is 5.88. The van der Waals surface area contributed by atoms with Gasteiger partial charge in [0.25, 0.3) is 0 Å². The fourth-order valence-electron chi connectivity index (χ4n) is 2.70. The third-order valence-corrected chi connectivity index (χ3v) is 4.00. The number of hydrogen-bond donors (Lipinski definition) is 1. The molecule has 0 aliphatic carbocycles. The molecule has 1 N–H and O–H groups in total. The summed E-state index contributed by atoms with van der Waals surface area (Å²) < 4.78 is 79.5.